The zero-order valence-corrected chi connectivity index (χ0v) is 14.7. The van der Waals surface area contributed by atoms with Gasteiger partial charge in [-0.3, -0.25) is 4.79 Å². The summed E-state index contributed by atoms with van der Waals surface area (Å²) in [5.41, 5.74) is 2.58. The maximum absolute atomic E-state index is 11.9. The Labute approximate surface area is 142 Å². The van der Waals surface area contributed by atoms with Crippen LogP contribution in [0, 0.1) is 23.2 Å². The van der Waals surface area contributed by atoms with E-state index in [1.54, 1.807) is 0 Å². The van der Waals surface area contributed by atoms with E-state index >= 15 is 0 Å². The molecule has 130 valence electrons. The quantitative estimate of drug-likeness (QED) is 0.793. The molecule has 3 aliphatic carbocycles. The molecule has 1 aliphatic heterocycles. The van der Waals surface area contributed by atoms with E-state index in [0.29, 0.717) is 23.7 Å². The lowest BCUT2D eigenvalue weighted by molar-refractivity contribution is -0.134. The molecule has 4 aliphatic rings. The lowest BCUT2D eigenvalue weighted by Gasteiger charge is -2.61. The van der Waals surface area contributed by atoms with Crippen molar-refractivity contribution in [2.75, 3.05) is 0 Å². The molecule has 5 heteroatoms. The summed E-state index contributed by atoms with van der Waals surface area (Å²) >= 11 is 0. The Morgan fingerprint density at radius 2 is 1.92 bits per heavy atom. The summed E-state index contributed by atoms with van der Waals surface area (Å²) in [5.74, 6) is 2.89. The first kappa shape index (κ1) is 14.9. The van der Waals surface area contributed by atoms with Gasteiger partial charge in [0.05, 0.1) is 0 Å². The molecule has 1 aromatic heterocycles. The number of fused-ring (bicyclic) bond motifs is 7. The van der Waals surface area contributed by atoms with Gasteiger partial charge >= 0.3 is 0 Å². The van der Waals surface area contributed by atoms with Crippen LogP contribution in [0.2, 0.25) is 0 Å². The molecule has 1 aromatic rings. The maximum atomic E-state index is 11.9. The number of amides is 1. The third kappa shape index (κ3) is 1.84. The van der Waals surface area contributed by atoms with E-state index in [4.69, 9.17) is 4.63 Å². The van der Waals surface area contributed by atoms with Crippen LogP contribution >= 0.6 is 0 Å². The van der Waals surface area contributed by atoms with Gasteiger partial charge in [-0.1, -0.05) is 17.2 Å². The Bertz CT molecular complexity index is 686. The van der Waals surface area contributed by atoms with Gasteiger partial charge in [0.1, 0.15) is 11.4 Å². The van der Waals surface area contributed by atoms with E-state index in [-0.39, 0.29) is 11.4 Å². The summed E-state index contributed by atoms with van der Waals surface area (Å²) in [7, 11) is 0. The number of rotatable bonds is 0. The fourth-order valence-electron chi connectivity index (χ4n) is 6.98. The number of aromatic nitrogens is 2. The average molecular weight is 329 g/mol. The first-order valence-electron chi connectivity index (χ1n) is 9.64. The van der Waals surface area contributed by atoms with Crippen LogP contribution in [-0.2, 0) is 11.2 Å². The minimum absolute atomic E-state index is 0.0228. The summed E-state index contributed by atoms with van der Waals surface area (Å²) in [5, 5.41) is 11.8. The number of carbonyl (C=O) groups excluding carboxylic acids is 1. The van der Waals surface area contributed by atoms with Gasteiger partial charge in [0.25, 0.3) is 0 Å². The van der Waals surface area contributed by atoms with Gasteiger partial charge in [0.15, 0.2) is 0 Å². The van der Waals surface area contributed by atoms with Gasteiger partial charge in [-0.05, 0) is 75.0 Å². The normalized spacial score (nSPS) is 47.0. The second-order valence-corrected chi connectivity index (χ2v) is 9.15. The number of nitrogens with zero attached hydrogens (tertiary/aromatic N) is 2. The highest BCUT2D eigenvalue weighted by Crippen LogP contribution is 2.63. The summed E-state index contributed by atoms with van der Waals surface area (Å²) in [6, 6.07) is 0. The number of hydrogen-bond acceptors (Lipinski definition) is 4. The minimum atomic E-state index is 0.0228. The van der Waals surface area contributed by atoms with Crippen LogP contribution in [0.25, 0.3) is 0 Å². The van der Waals surface area contributed by atoms with Crippen LogP contribution in [-0.4, -0.2) is 21.8 Å². The van der Waals surface area contributed by atoms with Gasteiger partial charge in [-0.25, -0.2) is 4.63 Å². The molecule has 1 amide bonds. The van der Waals surface area contributed by atoms with Gasteiger partial charge in [-0.15, -0.1) is 0 Å². The monoisotopic (exact) mass is 329 g/mol. The van der Waals surface area contributed by atoms with Gasteiger partial charge in [0.2, 0.25) is 5.91 Å². The number of hydrogen-bond donors (Lipinski definition) is 1. The summed E-state index contributed by atoms with van der Waals surface area (Å²) in [6.45, 7) is 4.79. The molecule has 2 saturated carbocycles. The zero-order valence-electron chi connectivity index (χ0n) is 14.7. The number of piperidine rings is 1. The molecule has 1 saturated heterocycles. The SMILES string of the molecule is C[C@]12CCc3nonc3C1CC[C@@H]1C2CC[C@]2(C)NC(=O)CCC12. The van der Waals surface area contributed by atoms with Crippen molar-refractivity contribution in [3.8, 4) is 0 Å². The van der Waals surface area contributed by atoms with E-state index in [2.05, 4.69) is 29.5 Å². The van der Waals surface area contributed by atoms with Crippen LogP contribution in [0.5, 0.6) is 0 Å². The molecular formula is C19H27N3O2. The molecule has 0 radical (unpaired) electrons. The minimum Gasteiger partial charge on any atom is -0.351 e. The Kier molecular flexibility index (Phi) is 3.00. The molecule has 3 unspecified atom stereocenters. The van der Waals surface area contributed by atoms with E-state index in [9.17, 15) is 4.79 Å². The Morgan fingerprint density at radius 3 is 2.79 bits per heavy atom. The first-order chi connectivity index (χ1) is 11.5. The molecule has 0 bridgehead atoms. The van der Waals surface area contributed by atoms with E-state index in [1.807, 2.05) is 0 Å². The van der Waals surface area contributed by atoms with Crippen LogP contribution in [0.1, 0.15) is 76.1 Å². The molecular weight excluding hydrogens is 302 g/mol. The number of nitrogens with one attached hydrogen (secondary N) is 1. The molecule has 24 heavy (non-hydrogen) atoms. The number of carbonyl (C=O) groups is 1. The Hall–Kier alpha value is -1.39. The highest BCUT2D eigenvalue weighted by molar-refractivity contribution is 5.77. The second-order valence-electron chi connectivity index (χ2n) is 9.15. The molecule has 5 rings (SSSR count). The van der Waals surface area contributed by atoms with E-state index in [1.165, 1.54) is 25.7 Å². The Morgan fingerprint density at radius 1 is 1.04 bits per heavy atom. The fraction of sp³-hybridized carbons (Fsp3) is 0.842. The molecule has 3 fully saturated rings. The lowest BCUT2D eigenvalue weighted by atomic mass is 9.45. The first-order valence-corrected chi connectivity index (χ1v) is 9.64. The highest BCUT2D eigenvalue weighted by atomic mass is 16.6. The summed E-state index contributed by atoms with van der Waals surface area (Å²) < 4.78 is 5.06. The third-order valence-electron chi connectivity index (χ3n) is 8.18. The predicted octanol–water partition coefficient (Wildman–Crippen LogP) is 3.21. The van der Waals surface area contributed by atoms with Crippen molar-refractivity contribution in [2.24, 2.45) is 23.2 Å². The lowest BCUT2D eigenvalue weighted by Crippen LogP contribution is -2.63. The van der Waals surface area contributed by atoms with Crippen molar-refractivity contribution in [1.29, 1.82) is 0 Å². The van der Waals surface area contributed by atoms with Crippen LogP contribution in [0.4, 0.5) is 0 Å². The van der Waals surface area contributed by atoms with Gasteiger partial charge in [-0.2, -0.15) is 0 Å². The molecule has 6 atom stereocenters. The summed E-state index contributed by atoms with van der Waals surface area (Å²) in [4.78, 5) is 11.9. The second kappa shape index (κ2) is 4.83. The third-order valence-corrected chi connectivity index (χ3v) is 8.18. The predicted molar refractivity (Wildman–Crippen MR) is 88.2 cm³/mol. The van der Waals surface area contributed by atoms with Crippen molar-refractivity contribution in [1.82, 2.24) is 15.6 Å². The molecule has 2 heterocycles. The van der Waals surface area contributed by atoms with Crippen LogP contribution in [0.3, 0.4) is 0 Å². The molecule has 0 spiro atoms. The van der Waals surface area contributed by atoms with Crippen molar-refractivity contribution in [3.63, 3.8) is 0 Å². The standard InChI is InChI=1S/C19H27N3O2/c1-18-9-8-15-17(22-24-21-15)14(18)4-3-11-12(18)7-10-19(2)13(11)5-6-16(23)20-19/h11-14H,3-10H2,1-2H3,(H,20,23)/t11-,12?,13?,14?,18-,19+/m1/s1. The summed E-state index contributed by atoms with van der Waals surface area (Å²) in [6.07, 6.45) is 8.79. The van der Waals surface area contributed by atoms with Crippen LogP contribution in [0.15, 0.2) is 4.63 Å². The van der Waals surface area contributed by atoms with Crippen molar-refractivity contribution in [3.05, 3.63) is 11.4 Å². The zero-order chi connectivity index (χ0) is 16.5. The fourth-order valence-corrected chi connectivity index (χ4v) is 6.98. The Balaban J connectivity index is 1.49. The average Bonchev–Trinajstić information content (AvgIpc) is 3.01. The largest absolute Gasteiger partial charge is 0.351 e. The highest BCUT2D eigenvalue weighted by Gasteiger charge is 2.58. The van der Waals surface area contributed by atoms with E-state index < -0.39 is 0 Å². The smallest absolute Gasteiger partial charge is 0.220 e. The van der Waals surface area contributed by atoms with Crippen molar-refractivity contribution in [2.45, 2.75) is 76.7 Å². The van der Waals surface area contributed by atoms with Gasteiger partial charge < -0.3 is 5.32 Å². The van der Waals surface area contributed by atoms with E-state index in [0.717, 1.165) is 42.5 Å². The van der Waals surface area contributed by atoms with Crippen LogP contribution < -0.4 is 5.32 Å². The van der Waals surface area contributed by atoms with Crippen molar-refractivity contribution < 1.29 is 9.42 Å². The van der Waals surface area contributed by atoms with Gasteiger partial charge in [0, 0.05) is 17.9 Å². The molecule has 0 aromatic carbocycles. The maximum Gasteiger partial charge on any atom is 0.220 e. The topological polar surface area (TPSA) is 68.0 Å². The number of aryl methyl sites for hydroxylation is 1. The van der Waals surface area contributed by atoms with Crippen molar-refractivity contribution >= 4 is 5.91 Å². The molecule has 5 nitrogen and oxygen atoms in total. The molecule has 1 N–H and O–H groups in total.